The van der Waals surface area contributed by atoms with Crippen LogP contribution in [0, 0.1) is 16.7 Å². The van der Waals surface area contributed by atoms with Gasteiger partial charge in [0.25, 0.3) is 5.91 Å². The van der Waals surface area contributed by atoms with Gasteiger partial charge in [0.2, 0.25) is 5.91 Å². The van der Waals surface area contributed by atoms with E-state index in [0.717, 1.165) is 5.56 Å². The van der Waals surface area contributed by atoms with Crippen molar-refractivity contribution >= 4 is 22.7 Å². The molecule has 0 aliphatic carbocycles. The summed E-state index contributed by atoms with van der Waals surface area (Å²) in [5, 5.41) is 38.3. The molecule has 2 amide bonds. The van der Waals surface area contributed by atoms with Crippen LogP contribution in [0.4, 0.5) is 0 Å². The molecule has 0 spiro atoms. The van der Waals surface area contributed by atoms with Crippen molar-refractivity contribution < 1.29 is 24.5 Å². The fourth-order valence-corrected chi connectivity index (χ4v) is 3.83. The molecule has 2 aromatic carbocycles. The monoisotopic (exact) mass is 493 g/mol. The van der Waals surface area contributed by atoms with E-state index in [1.54, 1.807) is 55.8 Å². The van der Waals surface area contributed by atoms with Gasteiger partial charge in [-0.25, -0.2) is 0 Å². The Hall–Kier alpha value is -3.94. The van der Waals surface area contributed by atoms with E-state index in [4.69, 9.17) is 10.00 Å². The van der Waals surface area contributed by atoms with Crippen LogP contribution in [0.1, 0.15) is 42.4 Å². The van der Waals surface area contributed by atoms with Crippen LogP contribution in [0.5, 0.6) is 5.75 Å². The Morgan fingerprint density at radius 2 is 1.83 bits per heavy atom. The maximum Gasteiger partial charge on any atom is 0.273 e. The number of carbonyl (C=O) groups is 2. The zero-order valence-electron chi connectivity index (χ0n) is 20.8. The topological polar surface area (TPSA) is 149 Å². The summed E-state index contributed by atoms with van der Waals surface area (Å²) >= 11 is 0. The summed E-state index contributed by atoms with van der Waals surface area (Å²) in [6.45, 7) is 4.84. The summed E-state index contributed by atoms with van der Waals surface area (Å²) < 4.78 is 7.12. The van der Waals surface area contributed by atoms with Gasteiger partial charge >= 0.3 is 0 Å². The lowest BCUT2D eigenvalue weighted by Crippen LogP contribution is -2.56. The van der Waals surface area contributed by atoms with Gasteiger partial charge in [-0.15, -0.1) is 0 Å². The van der Waals surface area contributed by atoms with Crippen molar-refractivity contribution in [1.29, 1.82) is 5.26 Å². The van der Waals surface area contributed by atoms with Crippen LogP contribution in [0.2, 0.25) is 0 Å². The minimum Gasteiger partial charge on any atom is -0.496 e. The smallest absolute Gasteiger partial charge is 0.273 e. The van der Waals surface area contributed by atoms with Gasteiger partial charge < -0.3 is 25.6 Å². The van der Waals surface area contributed by atoms with E-state index in [0.29, 0.717) is 28.8 Å². The summed E-state index contributed by atoms with van der Waals surface area (Å²) in [4.78, 5) is 26.3. The van der Waals surface area contributed by atoms with Crippen molar-refractivity contribution in [2.24, 2.45) is 5.41 Å². The summed E-state index contributed by atoms with van der Waals surface area (Å²) in [7, 11) is 1.52. The summed E-state index contributed by atoms with van der Waals surface area (Å²) in [6.07, 6.45) is 0. The fraction of sp³-hybridized carbons (Fsp3) is 0.385. The lowest BCUT2D eigenvalue weighted by Gasteiger charge is -2.31. The van der Waals surface area contributed by atoms with Crippen LogP contribution in [0.25, 0.3) is 10.9 Å². The number of para-hydroxylation sites is 1. The average molecular weight is 494 g/mol. The normalized spacial score (nSPS) is 12.3. The molecular formula is C26H31N5O5. The van der Waals surface area contributed by atoms with Crippen molar-refractivity contribution in [2.75, 3.05) is 20.3 Å². The maximum absolute atomic E-state index is 13.4. The minimum absolute atomic E-state index is 0.154. The quantitative estimate of drug-likeness (QED) is 0.353. The van der Waals surface area contributed by atoms with E-state index < -0.39 is 42.5 Å². The molecule has 190 valence electrons. The summed E-state index contributed by atoms with van der Waals surface area (Å²) in [6, 6.07) is 12.7. The van der Waals surface area contributed by atoms with Crippen molar-refractivity contribution in [3.05, 3.63) is 59.3 Å². The zero-order valence-corrected chi connectivity index (χ0v) is 20.8. The first-order chi connectivity index (χ1) is 17.1. The molecule has 3 aromatic rings. The predicted molar refractivity (Wildman–Crippen MR) is 133 cm³/mol. The minimum atomic E-state index is -0.951. The number of nitrogens with zero attached hydrogens (tertiary/aromatic N) is 3. The molecule has 0 radical (unpaired) electrons. The van der Waals surface area contributed by atoms with Gasteiger partial charge in [0.05, 0.1) is 50.1 Å². The molecule has 0 saturated carbocycles. The van der Waals surface area contributed by atoms with Crippen LogP contribution in [0.3, 0.4) is 0 Å². The maximum atomic E-state index is 13.4. The van der Waals surface area contributed by atoms with Gasteiger partial charge in [0, 0.05) is 10.9 Å². The zero-order chi connectivity index (χ0) is 26.5. The Balaban J connectivity index is 1.95. The highest BCUT2D eigenvalue weighted by atomic mass is 16.5. The van der Waals surface area contributed by atoms with Crippen LogP contribution in [0.15, 0.2) is 42.5 Å². The number of nitrogens with one attached hydrogen (secondary N) is 2. The van der Waals surface area contributed by atoms with Crippen molar-refractivity contribution in [1.82, 2.24) is 20.4 Å². The van der Waals surface area contributed by atoms with E-state index >= 15 is 0 Å². The molecule has 1 atom stereocenters. The van der Waals surface area contributed by atoms with Crippen molar-refractivity contribution in [3.63, 3.8) is 0 Å². The van der Waals surface area contributed by atoms with Crippen LogP contribution >= 0.6 is 0 Å². The third kappa shape index (κ3) is 5.82. The number of aliphatic hydroxyl groups is 2. The standard InChI is InChI=1S/C26H31N5O5/c1-26(2,3)23(25(35)28-18(14-32)15-33)29-24(34)22-19-7-5-6-8-20(19)31(30-22)13-17-10-9-16(12-27)11-21(17)36-4/h5-11,18,23,32-33H,13-15H2,1-4H3,(H,28,35)(H,29,34)/t23-/m1/s1. The number of hydrogen-bond acceptors (Lipinski definition) is 7. The molecule has 0 unspecified atom stereocenters. The number of carbonyl (C=O) groups excluding carboxylic acids is 2. The highest BCUT2D eigenvalue weighted by molar-refractivity contribution is 6.06. The molecule has 0 saturated heterocycles. The van der Waals surface area contributed by atoms with E-state index in [1.165, 1.54) is 7.11 Å². The fourth-order valence-electron chi connectivity index (χ4n) is 3.83. The van der Waals surface area contributed by atoms with E-state index in [2.05, 4.69) is 21.8 Å². The van der Waals surface area contributed by atoms with Gasteiger partial charge in [0.1, 0.15) is 11.8 Å². The van der Waals surface area contributed by atoms with E-state index in [1.807, 2.05) is 12.1 Å². The van der Waals surface area contributed by atoms with Gasteiger partial charge in [-0.2, -0.15) is 10.4 Å². The number of benzene rings is 2. The molecule has 4 N–H and O–H groups in total. The van der Waals surface area contributed by atoms with Gasteiger partial charge in [-0.3, -0.25) is 14.3 Å². The molecule has 0 aliphatic heterocycles. The lowest BCUT2D eigenvalue weighted by atomic mass is 9.85. The van der Waals surface area contributed by atoms with Gasteiger partial charge in [-0.05, 0) is 23.6 Å². The van der Waals surface area contributed by atoms with E-state index in [-0.39, 0.29) is 5.69 Å². The van der Waals surface area contributed by atoms with Crippen LogP contribution in [-0.4, -0.2) is 64.2 Å². The second-order valence-corrected chi connectivity index (χ2v) is 9.50. The number of ether oxygens (including phenoxy) is 1. The average Bonchev–Trinajstić information content (AvgIpc) is 3.23. The molecular weight excluding hydrogens is 462 g/mol. The molecule has 0 bridgehead atoms. The van der Waals surface area contributed by atoms with Crippen molar-refractivity contribution in [3.8, 4) is 11.8 Å². The third-order valence-corrected chi connectivity index (χ3v) is 5.80. The van der Waals surface area contributed by atoms with Gasteiger partial charge in [-0.1, -0.05) is 45.0 Å². The summed E-state index contributed by atoms with van der Waals surface area (Å²) in [5.41, 5.74) is 1.45. The lowest BCUT2D eigenvalue weighted by molar-refractivity contribution is -0.126. The number of methoxy groups -OCH3 is 1. The molecule has 10 heteroatoms. The Bertz CT molecular complexity index is 1280. The SMILES string of the molecule is COc1cc(C#N)ccc1Cn1nc(C(=O)N[C@H](C(=O)NC(CO)CO)C(C)(C)C)c2ccccc21. The Morgan fingerprint density at radius 1 is 1.14 bits per heavy atom. The predicted octanol–water partition coefficient (Wildman–Crippen LogP) is 1.58. The number of rotatable bonds is 9. The second-order valence-electron chi connectivity index (χ2n) is 9.50. The third-order valence-electron chi connectivity index (χ3n) is 5.80. The second kappa shape index (κ2) is 11.2. The Kier molecular flexibility index (Phi) is 8.29. The Morgan fingerprint density at radius 3 is 2.44 bits per heavy atom. The number of aliphatic hydroxyl groups excluding tert-OH is 2. The first-order valence-corrected chi connectivity index (χ1v) is 11.5. The van der Waals surface area contributed by atoms with Crippen LogP contribution < -0.4 is 15.4 Å². The molecule has 0 fully saturated rings. The first-order valence-electron chi connectivity index (χ1n) is 11.5. The van der Waals surface area contributed by atoms with E-state index in [9.17, 15) is 19.8 Å². The van der Waals surface area contributed by atoms with Crippen LogP contribution in [-0.2, 0) is 11.3 Å². The molecule has 0 aliphatic rings. The highest BCUT2D eigenvalue weighted by Gasteiger charge is 2.35. The first kappa shape index (κ1) is 26.7. The number of nitriles is 1. The Labute approximate surface area is 209 Å². The number of amides is 2. The summed E-state index contributed by atoms with van der Waals surface area (Å²) in [5.74, 6) is -0.516. The number of aromatic nitrogens is 2. The molecule has 36 heavy (non-hydrogen) atoms. The molecule has 10 nitrogen and oxygen atoms in total. The number of fused-ring (bicyclic) bond motifs is 1. The molecule has 1 aromatic heterocycles. The highest BCUT2D eigenvalue weighted by Crippen LogP contribution is 2.26. The molecule has 1 heterocycles. The molecule has 3 rings (SSSR count). The number of hydrogen-bond donors (Lipinski definition) is 4. The largest absolute Gasteiger partial charge is 0.496 e. The van der Waals surface area contributed by atoms with Gasteiger partial charge in [0.15, 0.2) is 5.69 Å². The van der Waals surface area contributed by atoms with Crippen molar-refractivity contribution in [2.45, 2.75) is 39.4 Å².